The molecule has 0 amide bonds. The van der Waals surface area contributed by atoms with Crippen LogP contribution < -0.4 is 10.6 Å². The first-order valence-electron chi connectivity index (χ1n) is 6.70. The summed E-state index contributed by atoms with van der Waals surface area (Å²) in [4.78, 5) is 8.50. The van der Waals surface area contributed by atoms with E-state index in [-0.39, 0.29) is 0 Å². The van der Waals surface area contributed by atoms with Crippen molar-refractivity contribution >= 4 is 17.7 Å². The minimum atomic E-state index is 0.849. The van der Waals surface area contributed by atoms with Crippen molar-refractivity contribution in [2.24, 2.45) is 4.99 Å². The molecule has 1 aromatic rings. The molecule has 0 spiro atoms. The highest BCUT2D eigenvalue weighted by Gasteiger charge is 1.97. The maximum absolute atomic E-state index is 4.29. The van der Waals surface area contributed by atoms with Gasteiger partial charge in [0, 0.05) is 38.4 Å². The second kappa shape index (κ2) is 10.7. The highest BCUT2D eigenvalue weighted by molar-refractivity contribution is 7.98. The van der Waals surface area contributed by atoms with Crippen molar-refractivity contribution < 1.29 is 0 Å². The number of unbranched alkanes of at least 4 members (excludes halogenated alkanes) is 1. The van der Waals surface area contributed by atoms with Crippen LogP contribution in [0.5, 0.6) is 0 Å². The molecule has 0 fully saturated rings. The van der Waals surface area contributed by atoms with Crippen molar-refractivity contribution in [1.82, 2.24) is 15.6 Å². The van der Waals surface area contributed by atoms with Crippen molar-refractivity contribution in [3.05, 3.63) is 30.1 Å². The lowest BCUT2D eigenvalue weighted by Gasteiger charge is -2.11. The van der Waals surface area contributed by atoms with E-state index >= 15 is 0 Å². The van der Waals surface area contributed by atoms with Gasteiger partial charge in [-0.2, -0.15) is 11.8 Å². The molecule has 0 aliphatic rings. The highest BCUT2D eigenvalue weighted by atomic mass is 32.2. The molecular weight excluding hydrogens is 256 g/mol. The topological polar surface area (TPSA) is 49.3 Å². The smallest absolute Gasteiger partial charge is 0.190 e. The van der Waals surface area contributed by atoms with Gasteiger partial charge in [0.2, 0.25) is 0 Å². The lowest BCUT2D eigenvalue weighted by atomic mass is 10.3. The second-order valence-electron chi connectivity index (χ2n) is 4.20. The van der Waals surface area contributed by atoms with E-state index in [1.54, 1.807) is 7.05 Å². The molecule has 0 aromatic carbocycles. The molecule has 1 aromatic heterocycles. The summed E-state index contributed by atoms with van der Waals surface area (Å²) in [6.45, 7) is 1.82. The molecule has 1 heterocycles. The number of aliphatic imine (C=N–C) groups is 1. The molecule has 0 aliphatic heterocycles. The van der Waals surface area contributed by atoms with Crippen LogP contribution in [0.1, 0.15) is 18.5 Å². The van der Waals surface area contributed by atoms with Gasteiger partial charge in [0.1, 0.15) is 0 Å². The Balaban J connectivity index is 2.12. The number of pyridine rings is 1. The standard InChI is InChI=1S/C14H24N4S/c1-15-14(17-10-5-6-12-19-2)18-11-8-13-7-3-4-9-16-13/h3-4,7,9H,5-6,8,10-12H2,1-2H3,(H2,15,17,18). The fourth-order valence-electron chi connectivity index (χ4n) is 1.65. The van der Waals surface area contributed by atoms with Crippen molar-refractivity contribution in [2.45, 2.75) is 19.3 Å². The van der Waals surface area contributed by atoms with Crippen molar-refractivity contribution in [3.63, 3.8) is 0 Å². The molecule has 0 radical (unpaired) electrons. The second-order valence-corrected chi connectivity index (χ2v) is 5.18. The predicted molar refractivity (Wildman–Crippen MR) is 84.9 cm³/mol. The summed E-state index contributed by atoms with van der Waals surface area (Å²) in [5.41, 5.74) is 1.10. The Morgan fingerprint density at radius 1 is 1.26 bits per heavy atom. The van der Waals surface area contributed by atoms with Crippen LogP contribution in [0.4, 0.5) is 0 Å². The molecule has 0 aliphatic carbocycles. The molecule has 4 nitrogen and oxygen atoms in total. The largest absolute Gasteiger partial charge is 0.356 e. The molecule has 19 heavy (non-hydrogen) atoms. The van der Waals surface area contributed by atoms with Gasteiger partial charge in [-0.3, -0.25) is 9.98 Å². The van der Waals surface area contributed by atoms with Gasteiger partial charge in [-0.05, 0) is 37.0 Å². The van der Waals surface area contributed by atoms with Crippen LogP contribution in [0.25, 0.3) is 0 Å². The summed E-state index contributed by atoms with van der Waals surface area (Å²) in [5, 5.41) is 6.63. The molecule has 0 saturated carbocycles. The SMILES string of the molecule is CN=C(NCCCCSC)NCCc1ccccn1. The maximum Gasteiger partial charge on any atom is 0.190 e. The molecule has 0 atom stereocenters. The summed E-state index contributed by atoms with van der Waals surface area (Å²) in [7, 11) is 1.80. The molecule has 0 bridgehead atoms. The van der Waals surface area contributed by atoms with Crippen LogP contribution in [0.2, 0.25) is 0 Å². The van der Waals surface area contributed by atoms with Crippen LogP contribution in [0.3, 0.4) is 0 Å². The van der Waals surface area contributed by atoms with Gasteiger partial charge in [0.05, 0.1) is 0 Å². The first-order chi connectivity index (χ1) is 9.36. The third kappa shape index (κ3) is 7.72. The van der Waals surface area contributed by atoms with E-state index in [9.17, 15) is 0 Å². The summed E-state index contributed by atoms with van der Waals surface area (Å²) >= 11 is 1.90. The zero-order valence-corrected chi connectivity index (χ0v) is 12.7. The maximum atomic E-state index is 4.29. The van der Waals surface area contributed by atoms with E-state index in [0.29, 0.717) is 0 Å². The van der Waals surface area contributed by atoms with Crippen LogP contribution in [-0.4, -0.2) is 43.1 Å². The zero-order chi connectivity index (χ0) is 13.8. The Bertz CT molecular complexity index is 354. The van der Waals surface area contributed by atoms with Crippen LogP contribution >= 0.6 is 11.8 Å². The quantitative estimate of drug-likeness (QED) is 0.434. The molecular formula is C14H24N4S. The van der Waals surface area contributed by atoms with Gasteiger partial charge in [0.15, 0.2) is 5.96 Å². The van der Waals surface area contributed by atoms with Gasteiger partial charge in [-0.25, -0.2) is 0 Å². The first-order valence-corrected chi connectivity index (χ1v) is 8.09. The Hall–Kier alpha value is -1.23. The number of thioether (sulfide) groups is 1. The third-order valence-electron chi connectivity index (χ3n) is 2.69. The molecule has 2 N–H and O–H groups in total. The van der Waals surface area contributed by atoms with E-state index in [1.165, 1.54) is 18.6 Å². The predicted octanol–water partition coefficient (Wildman–Crippen LogP) is 1.93. The third-order valence-corrected chi connectivity index (χ3v) is 3.39. The monoisotopic (exact) mass is 280 g/mol. The minimum Gasteiger partial charge on any atom is -0.356 e. The average Bonchev–Trinajstić information content (AvgIpc) is 2.46. The van der Waals surface area contributed by atoms with Crippen molar-refractivity contribution in [1.29, 1.82) is 0 Å². The molecule has 106 valence electrons. The average molecular weight is 280 g/mol. The Kier molecular flexibility index (Phi) is 8.89. The summed E-state index contributed by atoms with van der Waals surface area (Å²) < 4.78 is 0. The van der Waals surface area contributed by atoms with Crippen LogP contribution in [0.15, 0.2) is 29.4 Å². The number of hydrogen-bond acceptors (Lipinski definition) is 3. The van der Waals surface area contributed by atoms with Crippen molar-refractivity contribution in [3.8, 4) is 0 Å². The van der Waals surface area contributed by atoms with Gasteiger partial charge in [-0.15, -0.1) is 0 Å². The zero-order valence-electron chi connectivity index (χ0n) is 11.9. The van der Waals surface area contributed by atoms with Gasteiger partial charge in [-0.1, -0.05) is 6.07 Å². The Labute approximate surface area is 120 Å². The normalized spacial score (nSPS) is 11.4. The number of nitrogens with zero attached hydrogens (tertiary/aromatic N) is 2. The van der Waals surface area contributed by atoms with E-state index in [1.807, 2.05) is 36.2 Å². The number of hydrogen-bond donors (Lipinski definition) is 2. The van der Waals surface area contributed by atoms with E-state index in [2.05, 4.69) is 26.9 Å². The lowest BCUT2D eigenvalue weighted by Crippen LogP contribution is -2.38. The van der Waals surface area contributed by atoms with Crippen LogP contribution in [-0.2, 0) is 6.42 Å². The fourth-order valence-corrected chi connectivity index (χ4v) is 2.15. The first kappa shape index (κ1) is 15.8. The number of guanidine groups is 1. The van der Waals surface area contributed by atoms with E-state index in [4.69, 9.17) is 0 Å². The van der Waals surface area contributed by atoms with E-state index < -0.39 is 0 Å². The van der Waals surface area contributed by atoms with Gasteiger partial charge in [0.25, 0.3) is 0 Å². The Morgan fingerprint density at radius 2 is 2.11 bits per heavy atom. The number of nitrogens with one attached hydrogen (secondary N) is 2. The van der Waals surface area contributed by atoms with Crippen LogP contribution in [0, 0.1) is 0 Å². The lowest BCUT2D eigenvalue weighted by molar-refractivity contribution is 0.728. The minimum absolute atomic E-state index is 0.849. The summed E-state index contributed by atoms with van der Waals surface area (Å²) in [6.07, 6.45) is 7.31. The summed E-state index contributed by atoms with van der Waals surface area (Å²) in [5.74, 6) is 2.10. The number of aromatic nitrogens is 1. The van der Waals surface area contributed by atoms with Gasteiger partial charge < -0.3 is 10.6 Å². The number of rotatable bonds is 8. The molecule has 0 saturated heterocycles. The molecule has 5 heteroatoms. The summed E-state index contributed by atoms with van der Waals surface area (Å²) in [6, 6.07) is 5.99. The highest BCUT2D eigenvalue weighted by Crippen LogP contribution is 1.97. The van der Waals surface area contributed by atoms with Crippen molar-refractivity contribution in [2.75, 3.05) is 32.1 Å². The Morgan fingerprint density at radius 3 is 2.79 bits per heavy atom. The fraction of sp³-hybridized carbons (Fsp3) is 0.571. The molecule has 1 rings (SSSR count). The van der Waals surface area contributed by atoms with E-state index in [0.717, 1.165) is 31.2 Å². The molecule has 0 unspecified atom stereocenters. The van der Waals surface area contributed by atoms with Gasteiger partial charge >= 0.3 is 0 Å².